The van der Waals surface area contributed by atoms with E-state index in [0.29, 0.717) is 22.0 Å². The molecular weight excluding hydrogens is 523 g/mol. The first kappa shape index (κ1) is 23.2. The zero-order chi connectivity index (χ0) is 22.4. The zero-order valence-electron chi connectivity index (χ0n) is 15.8. The number of ether oxygens (including phenoxy) is 1. The molecule has 0 spiro atoms. The Morgan fingerprint density at radius 2 is 1.74 bits per heavy atom. The first-order valence-corrected chi connectivity index (χ1v) is 10.8. The van der Waals surface area contributed by atoms with E-state index in [0.717, 1.165) is 10.0 Å². The highest BCUT2D eigenvalue weighted by molar-refractivity contribution is 9.10. The Labute approximate surface area is 203 Å². The lowest BCUT2D eigenvalue weighted by Crippen LogP contribution is -2.13. The third-order valence-corrected chi connectivity index (χ3v) is 5.40. The van der Waals surface area contributed by atoms with E-state index in [2.05, 4.69) is 21.2 Å². The first-order valence-electron chi connectivity index (χ1n) is 8.90. The molecule has 3 aromatic carbocycles. The monoisotopic (exact) mass is 534 g/mol. The van der Waals surface area contributed by atoms with Crippen LogP contribution in [-0.4, -0.2) is 5.91 Å². The van der Waals surface area contributed by atoms with Crippen molar-refractivity contribution in [2.24, 2.45) is 0 Å². The fraction of sp³-hybridized carbons (Fsp3) is 0.0435. The van der Waals surface area contributed by atoms with Crippen LogP contribution in [0.3, 0.4) is 0 Å². The molecule has 0 aliphatic rings. The Morgan fingerprint density at radius 3 is 2.35 bits per heavy atom. The van der Waals surface area contributed by atoms with Crippen LogP contribution in [0.2, 0.25) is 15.1 Å². The van der Waals surface area contributed by atoms with Gasteiger partial charge >= 0.3 is 0 Å². The van der Waals surface area contributed by atoms with Gasteiger partial charge in [0.25, 0.3) is 5.91 Å². The van der Waals surface area contributed by atoms with Gasteiger partial charge in [-0.1, -0.05) is 68.9 Å². The number of hydrogen-bond acceptors (Lipinski definition) is 3. The maximum absolute atomic E-state index is 12.4. The summed E-state index contributed by atoms with van der Waals surface area (Å²) in [6.07, 6.45) is 1.40. The third-order valence-electron chi connectivity index (χ3n) is 4.08. The summed E-state index contributed by atoms with van der Waals surface area (Å²) >= 11 is 22.0. The lowest BCUT2D eigenvalue weighted by atomic mass is 10.1. The van der Waals surface area contributed by atoms with Crippen molar-refractivity contribution in [2.45, 2.75) is 6.61 Å². The van der Waals surface area contributed by atoms with E-state index in [-0.39, 0.29) is 22.2 Å². The van der Waals surface area contributed by atoms with Crippen LogP contribution in [-0.2, 0) is 11.4 Å². The highest BCUT2D eigenvalue weighted by Gasteiger charge is 2.13. The zero-order valence-corrected chi connectivity index (χ0v) is 19.7. The Bertz CT molecular complexity index is 1170. The summed E-state index contributed by atoms with van der Waals surface area (Å²) in [5.74, 6) is -0.252. The van der Waals surface area contributed by atoms with E-state index in [9.17, 15) is 10.1 Å². The van der Waals surface area contributed by atoms with Crippen LogP contribution in [0, 0.1) is 11.3 Å². The van der Waals surface area contributed by atoms with Gasteiger partial charge in [-0.05, 0) is 59.7 Å². The van der Waals surface area contributed by atoms with Gasteiger partial charge in [0.05, 0.1) is 10.0 Å². The molecule has 31 heavy (non-hydrogen) atoms. The highest BCUT2D eigenvalue weighted by Crippen LogP contribution is 2.35. The molecule has 0 aliphatic carbocycles. The molecule has 3 rings (SSSR count). The largest absolute Gasteiger partial charge is 0.486 e. The summed E-state index contributed by atoms with van der Waals surface area (Å²) in [7, 11) is 0. The molecule has 4 nitrogen and oxygen atoms in total. The summed E-state index contributed by atoms with van der Waals surface area (Å²) in [6.45, 7) is 0.285. The molecule has 0 radical (unpaired) electrons. The van der Waals surface area contributed by atoms with Gasteiger partial charge in [-0.3, -0.25) is 4.79 Å². The van der Waals surface area contributed by atoms with Crippen LogP contribution in [0.4, 0.5) is 5.69 Å². The second-order valence-electron chi connectivity index (χ2n) is 6.36. The van der Waals surface area contributed by atoms with Crippen molar-refractivity contribution in [2.75, 3.05) is 5.32 Å². The van der Waals surface area contributed by atoms with E-state index < -0.39 is 5.91 Å². The Morgan fingerprint density at radius 1 is 1.06 bits per heavy atom. The van der Waals surface area contributed by atoms with Crippen molar-refractivity contribution < 1.29 is 9.53 Å². The van der Waals surface area contributed by atoms with Crippen LogP contribution in [0.25, 0.3) is 6.08 Å². The molecule has 8 heteroatoms. The molecule has 0 fully saturated rings. The van der Waals surface area contributed by atoms with Crippen molar-refractivity contribution in [3.8, 4) is 11.8 Å². The molecule has 1 N–H and O–H groups in total. The number of rotatable bonds is 6. The molecule has 0 saturated heterocycles. The van der Waals surface area contributed by atoms with E-state index >= 15 is 0 Å². The summed E-state index contributed by atoms with van der Waals surface area (Å²) in [5.41, 5.74) is 1.80. The minimum atomic E-state index is -0.576. The number of nitrogens with zero attached hydrogens (tertiary/aromatic N) is 1. The normalized spacial score (nSPS) is 11.0. The average molecular weight is 537 g/mol. The second-order valence-corrected chi connectivity index (χ2v) is 8.53. The molecule has 0 bridgehead atoms. The maximum atomic E-state index is 12.4. The van der Waals surface area contributed by atoms with Gasteiger partial charge in [0.1, 0.15) is 18.2 Å². The molecule has 0 saturated carbocycles. The van der Waals surface area contributed by atoms with Gasteiger partial charge in [-0.15, -0.1) is 0 Å². The van der Waals surface area contributed by atoms with Gasteiger partial charge in [0.2, 0.25) is 0 Å². The van der Waals surface area contributed by atoms with E-state index in [1.54, 1.807) is 36.4 Å². The molecule has 0 aromatic heterocycles. The minimum absolute atomic E-state index is 0.115. The Kier molecular flexibility index (Phi) is 8.00. The quantitative estimate of drug-likeness (QED) is 0.262. The molecule has 0 heterocycles. The molecule has 0 unspecified atom stereocenters. The van der Waals surface area contributed by atoms with Gasteiger partial charge in [0.15, 0.2) is 5.75 Å². The summed E-state index contributed by atoms with van der Waals surface area (Å²) in [6, 6.07) is 19.3. The molecule has 3 aromatic rings. The predicted molar refractivity (Wildman–Crippen MR) is 129 cm³/mol. The molecule has 0 aliphatic heterocycles. The van der Waals surface area contributed by atoms with Crippen molar-refractivity contribution in [1.29, 1.82) is 5.26 Å². The standard InChI is InChI=1S/C23H14BrCl3N2O2/c24-17-6-4-14(5-7-17)13-31-22-20(26)9-15(10-21(22)27)8-16(12-28)23(30)29-19-3-1-2-18(25)11-19/h1-11H,13H2,(H,29,30)/b16-8+. The molecule has 156 valence electrons. The number of carbonyl (C=O) groups excluding carboxylic acids is 1. The van der Waals surface area contributed by atoms with Gasteiger partial charge in [0, 0.05) is 15.2 Å². The van der Waals surface area contributed by atoms with Crippen molar-refractivity contribution in [3.63, 3.8) is 0 Å². The number of hydrogen-bond donors (Lipinski definition) is 1. The number of carbonyl (C=O) groups is 1. The van der Waals surface area contributed by atoms with Crippen LogP contribution in [0.1, 0.15) is 11.1 Å². The number of nitrogens with one attached hydrogen (secondary N) is 1. The molecule has 0 atom stereocenters. The smallest absolute Gasteiger partial charge is 0.266 e. The average Bonchev–Trinajstić information content (AvgIpc) is 2.72. The Hall–Kier alpha value is -2.49. The number of halogens is 4. The fourth-order valence-corrected chi connectivity index (χ4v) is 3.68. The number of anilines is 1. The van der Waals surface area contributed by atoms with Crippen molar-refractivity contribution in [1.82, 2.24) is 0 Å². The van der Waals surface area contributed by atoms with Gasteiger partial charge in [-0.25, -0.2) is 0 Å². The van der Waals surface area contributed by atoms with Crippen LogP contribution in [0.5, 0.6) is 5.75 Å². The van der Waals surface area contributed by atoms with Crippen LogP contribution < -0.4 is 10.1 Å². The predicted octanol–water partition coefficient (Wildman–Crippen LogP) is 7.53. The maximum Gasteiger partial charge on any atom is 0.266 e. The SMILES string of the molecule is N#C/C(=C\c1cc(Cl)c(OCc2ccc(Br)cc2)c(Cl)c1)C(=O)Nc1cccc(Cl)c1. The second kappa shape index (κ2) is 10.7. The Balaban J connectivity index is 1.76. The van der Waals surface area contributed by atoms with E-state index in [4.69, 9.17) is 39.5 Å². The topological polar surface area (TPSA) is 62.1 Å². The summed E-state index contributed by atoms with van der Waals surface area (Å²) in [5, 5.41) is 13.0. The molecular formula is C23H14BrCl3N2O2. The third kappa shape index (κ3) is 6.49. The summed E-state index contributed by atoms with van der Waals surface area (Å²) < 4.78 is 6.73. The lowest BCUT2D eigenvalue weighted by molar-refractivity contribution is -0.112. The highest BCUT2D eigenvalue weighted by atomic mass is 79.9. The lowest BCUT2D eigenvalue weighted by Gasteiger charge is -2.11. The fourth-order valence-electron chi connectivity index (χ4n) is 2.62. The van der Waals surface area contributed by atoms with Gasteiger partial charge in [-0.2, -0.15) is 5.26 Å². The van der Waals surface area contributed by atoms with Crippen molar-refractivity contribution >= 4 is 68.4 Å². The minimum Gasteiger partial charge on any atom is -0.486 e. The van der Waals surface area contributed by atoms with Gasteiger partial charge < -0.3 is 10.1 Å². The van der Waals surface area contributed by atoms with E-state index in [1.165, 1.54) is 6.08 Å². The van der Waals surface area contributed by atoms with Crippen LogP contribution >= 0.6 is 50.7 Å². The number of nitriles is 1. The number of amides is 1. The number of benzene rings is 3. The first-order chi connectivity index (χ1) is 14.9. The van der Waals surface area contributed by atoms with Crippen LogP contribution in [0.15, 0.2) is 70.7 Å². The van der Waals surface area contributed by atoms with Crippen molar-refractivity contribution in [3.05, 3.63) is 96.9 Å². The molecule has 1 amide bonds. The van der Waals surface area contributed by atoms with E-state index in [1.807, 2.05) is 30.3 Å². The summed E-state index contributed by atoms with van der Waals surface area (Å²) in [4.78, 5) is 12.4.